The van der Waals surface area contributed by atoms with Crippen LogP contribution in [0.1, 0.15) is 12.8 Å². The van der Waals surface area contributed by atoms with Crippen molar-refractivity contribution in [3.63, 3.8) is 0 Å². The summed E-state index contributed by atoms with van der Waals surface area (Å²) >= 11 is 0. The van der Waals surface area contributed by atoms with E-state index in [4.69, 9.17) is 11.5 Å². The van der Waals surface area contributed by atoms with E-state index in [1.54, 1.807) is 0 Å². The quantitative estimate of drug-likeness (QED) is 0.483. The molecule has 0 aliphatic carbocycles. The molecule has 1 fully saturated rings. The maximum Gasteiger partial charge on any atom is 0.410 e. The van der Waals surface area contributed by atoms with Crippen molar-refractivity contribution < 1.29 is 9.53 Å². The normalized spacial score (nSPS) is 22.6. The lowest BCUT2D eigenvalue weighted by atomic mass is 10.00. The summed E-state index contributed by atoms with van der Waals surface area (Å²) in [4.78, 5) is 10.2. The Kier molecular flexibility index (Phi) is 4.18. The zero-order valence-electron chi connectivity index (χ0n) is 8.06. The predicted molar refractivity (Wildman–Crippen MR) is 52.5 cm³/mol. The standard InChI is InChI=1S/C8H16N4O2/c9-4-7-2-1-3-12(5-7)11-6-14-8(10)13/h6-7H,1-5,9H2,(H2,10,13)/b11-6+/t7-/m0/s1. The molecule has 1 aliphatic heterocycles. The first-order chi connectivity index (χ1) is 6.72. The van der Waals surface area contributed by atoms with Crippen molar-refractivity contribution in [3.8, 4) is 0 Å². The number of carbonyl (C=O) groups is 1. The van der Waals surface area contributed by atoms with Crippen LogP contribution in [0.4, 0.5) is 4.79 Å². The summed E-state index contributed by atoms with van der Waals surface area (Å²) in [7, 11) is 0. The van der Waals surface area contributed by atoms with Gasteiger partial charge in [0.1, 0.15) is 0 Å². The fourth-order valence-corrected chi connectivity index (χ4v) is 1.48. The van der Waals surface area contributed by atoms with Gasteiger partial charge in [-0.15, -0.1) is 5.10 Å². The minimum atomic E-state index is -0.846. The molecule has 14 heavy (non-hydrogen) atoms. The van der Waals surface area contributed by atoms with Crippen molar-refractivity contribution in [1.82, 2.24) is 5.01 Å². The number of amides is 1. The summed E-state index contributed by atoms with van der Waals surface area (Å²) in [5, 5.41) is 5.79. The van der Waals surface area contributed by atoms with E-state index >= 15 is 0 Å². The molecular formula is C8H16N4O2. The van der Waals surface area contributed by atoms with Crippen molar-refractivity contribution in [2.75, 3.05) is 19.6 Å². The van der Waals surface area contributed by atoms with E-state index in [2.05, 4.69) is 9.84 Å². The second-order valence-electron chi connectivity index (χ2n) is 3.31. The first-order valence-electron chi connectivity index (χ1n) is 4.66. The zero-order chi connectivity index (χ0) is 10.4. The lowest BCUT2D eigenvalue weighted by Crippen LogP contribution is -2.35. The van der Waals surface area contributed by atoms with Gasteiger partial charge in [-0.25, -0.2) is 4.79 Å². The second kappa shape index (κ2) is 5.43. The summed E-state index contributed by atoms with van der Waals surface area (Å²) in [6.07, 6.45) is 2.43. The third-order valence-electron chi connectivity index (χ3n) is 2.21. The Morgan fingerprint density at radius 1 is 1.71 bits per heavy atom. The number of nitrogens with two attached hydrogens (primary N) is 2. The summed E-state index contributed by atoms with van der Waals surface area (Å²) in [6, 6.07) is 0. The zero-order valence-corrected chi connectivity index (χ0v) is 8.06. The SMILES string of the molecule is NC[C@@H]1CCCN(/N=C/OC(N)=O)C1. The second-order valence-corrected chi connectivity index (χ2v) is 3.31. The first kappa shape index (κ1) is 10.8. The van der Waals surface area contributed by atoms with Crippen LogP contribution >= 0.6 is 0 Å². The molecule has 1 saturated heterocycles. The number of primary amides is 1. The lowest BCUT2D eigenvalue weighted by Gasteiger charge is -2.29. The summed E-state index contributed by atoms with van der Waals surface area (Å²) < 4.78 is 4.39. The van der Waals surface area contributed by atoms with Crippen LogP contribution in [-0.4, -0.2) is 37.1 Å². The molecule has 0 aromatic carbocycles. The van der Waals surface area contributed by atoms with Gasteiger partial charge in [-0.2, -0.15) is 0 Å². The van der Waals surface area contributed by atoms with Crippen LogP contribution in [0.25, 0.3) is 0 Å². The topological polar surface area (TPSA) is 93.9 Å². The molecule has 0 aromatic rings. The molecule has 0 unspecified atom stereocenters. The molecule has 4 N–H and O–H groups in total. The number of nitrogens with zero attached hydrogens (tertiary/aromatic N) is 2. The lowest BCUT2D eigenvalue weighted by molar-refractivity contribution is 0.178. The number of carbonyl (C=O) groups excluding carboxylic acids is 1. The third-order valence-corrected chi connectivity index (χ3v) is 2.21. The number of hydrazone groups is 1. The highest BCUT2D eigenvalue weighted by atomic mass is 16.5. The van der Waals surface area contributed by atoms with Gasteiger partial charge >= 0.3 is 6.09 Å². The van der Waals surface area contributed by atoms with Gasteiger partial charge in [0.05, 0.1) is 0 Å². The molecule has 1 rings (SSSR count). The van der Waals surface area contributed by atoms with E-state index in [0.717, 1.165) is 32.3 Å². The molecule has 0 radical (unpaired) electrons. The molecule has 6 heteroatoms. The molecular weight excluding hydrogens is 184 g/mol. The van der Waals surface area contributed by atoms with Crippen molar-refractivity contribution in [1.29, 1.82) is 0 Å². The number of ether oxygens (including phenoxy) is 1. The maximum absolute atomic E-state index is 10.2. The molecule has 0 saturated carbocycles. The highest BCUT2D eigenvalue weighted by Crippen LogP contribution is 2.14. The summed E-state index contributed by atoms with van der Waals surface area (Å²) in [5.74, 6) is 0.481. The molecule has 1 aliphatic rings. The summed E-state index contributed by atoms with van der Waals surface area (Å²) in [5.41, 5.74) is 10.3. The van der Waals surface area contributed by atoms with Crippen LogP contribution in [0, 0.1) is 5.92 Å². The Bertz CT molecular complexity index is 219. The molecule has 1 amide bonds. The van der Waals surface area contributed by atoms with E-state index in [9.17, 15) is 4.79 Å². The molecule has 0 bridgehead atoms. The van der Waals surface area contributed by atoms with Crippen molar-refractivity contribution in [3.05, 3.63) is 0 Å². The van der Waals surface area contributed by atoms with E-state index in [-0.39, 0.29) is 0 Å². The average Bonchev–Trinajstić information content (AvgIpc) is 2.18. The van der Waals surface area contributed by atoms with Crippen molar-refractivity contribution in [2.24, 2.45) is 22.5 Å². The Morgan fingerprint density at radius 2 is 2.50 bits per heavy atom. The van der Waals surface area contributed by atoms with Crippen LogP contribution in [0.15, 0.2) is 5.10 Å². The fraction of sp³-hybridized carbons (Fsp3) is 0.750. The molecule has 1 atom stereocenters. The van der Waals surface area contributed by atoms with Crippen LogP contribution < -0.4 is 11.5 Å². The first-order valence-corrected chi connectivity index (χ1v) is 4.66. The highest BCUT2D eigenvalue weighted by molar-refractivity contribution is 5.74. The Balaban J connectivity index is 2.29. The number of rotatable bonds is 3. The maximum atomic E-state index is 10.2. The minimum absolute atomic E-state index is 0.481. The van der Waals surface area contributed by atoms with Gasteiger partial charge in [0.2, 0.25) is 6.40 Å². The van der Waals surface area contributed by atoms with Crippen LogP contribution in [0.5, 0.6) is 0 Å². The molecule has 0 aromatic heterocycles. The van der Waals surface area contributed by atoms with Gasteiger partial charge in [-0.3, -0.25) is 5.01 Å². The Morgan fingerprint density at radius 3 is 3.14 bits per heavy atom. The molecule has 80 valence electrons. The molecule has 6 nitrogen and oxygen atoms in total. The fourth-order valence-electron chi connectivity index (χ4n) is 1.48. The van der Waals surface area contributed by atoms with Crippen LogP contribution in [0.3, 0.4) is 0 Å². The van der Waals surface area contributed by atoms with Gasteiger partial charge in [-0.1, -0.05) is 0 Å². The smallest absolute Gasteiger partial charge is 0.397 e. The molecule has 0 spiro atoms. The number of hydrogen-bond donors (Lipinski definition) is 2. The van der Waals surface area contributed by atoms with Gasteiger partial charge in [-0.05, 0) is 25.3 Å². The highest BCUT2D eigenvalue weighted by Gasteiger charge is 2.16. The van der Waals surface area contributed by atoms with E-state index in [1.807, 2.05) is 5.01 Å². The third kappa shape index (κ3) is 3.61. The predicted octanol–water partition coefficient (Wildman–Crippen LogP) is -0.304. The Labute approximate surface area is 82.9 Å². The minimum Gasteiger partial charge on any atom is -0.397 e. The van der Waals surface area contributed by atoms with Gasteiger partial charge < -0.3 is 16.2 Å². The van der Waals surface area contributed by atoms with E-state index < -0.39 is 6.09 Å². The monoisotopic (exact) mass is 200 g/mol. The van der Waals surface area contributed by atoms with Gasteiger partial charge in [0, 0.05) is 13.1 Å². The molecule has 1 heterocycles. The van der Waals surface area contributed by atoms with Gasteiger partial charge in [0.15, 0.2) is 0 Å². The number of piperidine rings is 1. The largest absolute Gasteiger partial charge is 0.410 e. The summed E-state index contributed by atoms with van der Waals surface area (Å²) in [6.45, 7) is 2.35. The number of hydrogen-bond acceptors (Lipinski definition) is 5. The van der Waals surface area contributed by atoms with Gasteiger partial charge in [0.25, 0.3) is 0 Å². The van der Waals surface area contributed by atoms with Crippen LogP contribution in [0.2, 0.25) is 0 Å². The van der Waals surface area contributed by atoms with E-state index in [0.29, 0.717) is 12.5 Å². The Hall–Kier alpha value is -1.30. The van der Waals surface area contributed by atoms with Crippen molar-refractivity contribution >= 4 is 12.5 Å². The van der Waals surface area contributed by atoms with Crippen LogP contribution in [-0.2, 0) is 4.74 Å². The van der Waals surface area contributed by atoms with E-state index in [1.165, 1.54) is 0 Å². The average molecular weight is 200 g/mol. The van der Waals surface area contributed by atoms with Crippen molar-refractivity contribution in [2.45, 2.75) is 12.8 Å².